The summed E-state index contributed by atoms with van der Waals surface area (Å²) >= 11 is 0. The highest BCUT2D eigenvalue weighted by atomic mass is 32.2. The van der Waals surface area contributed by atoms with Crippen LogP contribution in [0.25, 0.3) is 0 Å². The van der Waals surface area contributed by atoms with Crippen LogP contribution in [0.15, 0.2) is 23.1 Å². The van der Waals surface area contributed by atoms with Gasteiger partial charge in [-0.2, -0.15) is 13.2 Å². The molecule has 5 nitrogen and oxygen atoms in total. The molecule has 0 bridgehead atoms. The molecule has 1 aromatic rings. The maximum atomic E-state index is 13.6. The molecule has 23 heavy (non-hydrogen) atoms. The van der Waals surface area contributed by atoms with E-state index in [4.69, 9.17) is 0 Å². The Bertz CT molecular complexity index is 643. The monoisotopic (exact) mass is 355 g/mol. The smallest absolute Gasteiger partial charge is 0.314 e. The summed E-state index contributed by atoms with van der Waals surface area (Å²) < 4.78 is 77.7. The fourth-order valence-corrected chi connectivity index (χ4v) is 3.36. The molecule has 0 amide bonds. The molecule has 0 unspecified atom stereocenters. The molecule has 1 aliphatic rings. The Morgan fingerprint density at radius 3 is 2.48 bits per heavy atom. The molecule has 1 saturated heterocycles. The molecular weight excluding hydrogens is 338 g/mol. The summed E-state index contributed by atoms with van der Waals surface area (Å²) in [6.45, 7) is 3.48. The van der Waals surface area contributed by atoms with Crippen LogP contribution in [-0.4, -0.2) is 52.6 Å². The highest BCUT2D eigenvalue weighted by Crippen LogP contribution is 2.31. The minimum absolute atomic E-state index is 0.00197. The minimum Gasteiger partial charge on any atom is -0.314 e. The summed E-state index contributed by atoms with van der Waals surface area (Å²) in [5.74, 6) is -1.22. The number of sulfonamides is 1. The fraction of sp³-hybridized carbons (Fsp3) is 0.538. The lowest BCUT2D eigenvalue weighted by Gasteiger charge is -2.27. The van der Waals surface area contributed by atoms with Crippen molar-refractivity contribution in [3.8, 4) is 0 Å². The SMILES string of the molecule is O=S(=O)(NCCN1CCNCC1)c1cc(C(F)(F)F)ccc1F. The third-order valence-electron chi connectivity index (χ3n) is 3.48. The van der Waals surface area contributed by atoms with Crippen molar-refractivity contribution in [1.82, 2.24) is 14.9 Å². The average Bonchev–Trinajstić information content (AvgIpc) is 2.47. The minimum atomic E-state index is -4.74. The lowest BCUT2D eigenvalue weighted by atomic mass is 10.2. The topological polar surface area (TPSA) is 61.4 Å². The van der Waals surface area contributed by atoms with Gasteiger partial charge in [0.2, 0.25) is 10.0 Å². The predicted molar refractivity (Wildman–Crippen MR) is 75.9 cm³/mol. The molecule has 0 aromatic heterocycles. The molecule has 10 heteroatoms. The van der Waals surface area contributed by atoms with Crippen molar-refractivity contribution in [2.75, 3.05) is 39.3 Å². The van der Waals surface area contributed by atoms with Gasteiger partial charge in [-0.15, -0.1) is 0 Å². The van der Waals surface area contributed by atoms with Gasteiger partial charge in [0, 0.05) is 39.3 Å². The molecule has 2 N–H and O–H groups in total. The Morgan fingerprint density at radius 1 is 1.22 bits per heavy atom. The first-order valence-electron chi connectivity index (χ1n) is 6.99. The van der Waals surface area contributed by atoms with Gasteiger partial charge >= 0.3 is 6.18 Å². The van der Waals surface area contributed by atoms with Crippen LogP contribution >= 0.6 is 0 Å². The normalized spacial score (nSPS) is 17.4. The lowest BCUT2D eigenvalue weighted by Crippen LogP contribution is -2.46. The van der Waals surface area contributed by atoms with Crippen LogP contribution in [0.3, 0.4) is 0 Å². The van der Waals surface area contributed by atoms with E-state index < -0.39 is 32.5 Å². The molecule has 1 aliphatic heterocycles. The first-order chi connectivity index (χ1) is 10.7. The van der Waals surface area contributed by atoms with Crippen LogP contribution in [0.5, 0.6) is 0 Å². The van der Waals surface area contributed by atoms with Gasteiger partial charge in [-0.3, -0.25) is 4.90 Å². The van der Waals surface area contributed by atoms with E-state index in [2.05, 4.69) is 10.0 Å². The van der Waals surface area contributed by atoms with E-state index in [9.17, 15) is 26.0 Å². The second-order valence-electron chi connectivity index (χ2n) is 5.13. The van der Waals surface area contributed by atoms with Crippen molar-refractivity contribution < 1.29 is 26.0 Å². The van der Waals surface area contributed by atoms with Crippen LogP contribution in [0.4, 0.5) is 17.6 Å². The largest absolute Gasteiger partial charge is 0.416 e. The van der Waals surface area contributed by atoms with Crippen LogP contribution in [0, 0.1) is 5.82 Å². The average molecular weight is 355 g/mol. The first-order valence-corrected chi connectivity index (χ1v) is 8.48. The van der Waals surface area contributed by atoms with Crippen LogP contribution < -0.4 is 10.0 Å². The Labute approximate surface area is 131 Å². The van der Waals surface area contributed by atoms with Gasteiger partial charge in [0.1, 0.15) is 10.7 Å². The second kappa shape index (κ2) is 7.12. The molecule has 0 atom stereocenters. The number of rotatable bonds is 5. The van der Waals surface area contributed by atoms with E-state index in [1.807, 2.05) is 4.90 Å². The first kappa shape index (κ1) is 18.1. The van der Waals surface area contributed by atoms with Gasteiger partial charge in [-0.1, -0.05) is 0 Å². The Hall–Kier alpha value is -1.23. The number of halogens is 4. The number of benzene rings is 1. The highest BCUT2D eigenvalue weighted by molar-refractivity contribution is 7.89. The number of hydrogen-bond acceptors (Lipinski definition) is 4. The van der Waals surface area contributed by atoms with Crippen molar-refractivity contribution in [2.45, 2.75) is 11.1 Å². The molecule has 2 rings (SSSR count). The van der Waals surface area contributed by atoms with Crippen molar-refractivity contribution in [3.63, 3.8) is 0 Å². The predicted octanol–water partition coefficient (Wildman–Crippen LogP) is 1.03. The van der Waals surface area contributed by atoms with Crippen LogP contribution in [0.2, 0.25) is 0 Å². The number of nitrogens with zero attached hydrogens (tertiary/aromatic N) is 1. The summed E-state index contributed by atoms with van der Waals surface area (Å²) in [5, 5.41) is 3.14. The highest BCUT2D eigenvalue weighted by Gasteiger charge is 2.33. The summed E-state index contributed by atoms with van der Waals surface area (Å²) in [6, 6.07) is 1.32. The number of piperazine rings is 1. The molecular formula is C13H17F4N3O2S. The van der Waals surface area contributed by atoms with Crippen molar-refractivity contribution in [2.24, 2.45) is 0 Å². The third kappa shape index (κ3) is 4.87. The molecule has 1 heterocycles. The molecule has 0 saturated carbocycles. The van der Waals surface area contributed by atoms with E-state index in [-0.39, 0.29) is 6.54 Å². The quantitative estimate of drug-likeness (QED) is 0.775. The molecule has 0 aliphatic carbocycles. The Kier molecular flexibility index (Phi) is 5.61. The van der Waals surface area contributed by atoms with E-state index in [0.29, 0.717) is 24.7 Å². The van der Waals surface area contributed by atoms with E-state index in [1.165, 1.54) is 0 Å². The molecule has 0 spiro atoms. The molecule has 0 radical (unpaired) electrons. The summed E-state index contributed by atoms with van der Waals surface area (Å²) in [5.41, 5.74) is -1.21. The lowest BCUT2D eigenvalue weighted by molar-refractivity contribution is -0.137. The van der Waals surface area contributed by atoms with Gasteiger partial charge in [0.05, 0.1) is 5.56 Å². The Morgan fingerprint density at radius 2 is 1.87 bits per heavy atom. The second-order valence-corrected chi connectivity index (χ2v) is 6.87. The maximum absolute atomic E-state index is 13.6. The summed E-state index contributed by atoms with van der Waals surface area (Å²) in [4.78, 5) is 1.01. The Balaban J connectivity index is 2.06. The van der Waals surface area contributed by atoms with Crippen LogP contribution in [-0.2, 0) is 16.2 Å². The van der Waals surface area contributed by atoms with Gasteiger partial charge in [-0.25, -0.2) is 17.5 Å². The van der Waals surface area contributed by atoms with Gasteiger partial charge in [0.25, 0.3) is 0 Å². The zero-order valence-corrected chi connectivity index (χ0v) is 13.0. The van der Waals surface area contributed by atoms with Gasteiger partial charge in [0.15, 0.2) is 0 Å². The maximum Gasteiger partial charge on any atom is 0.416 e. The van der Waals surface area contributed by atoms with E-state index in [0.717, 1.165) is 26.2 Å². The van der Waals surface area contributed by atoms with Crippen molar-refractivity contribution in [3.05, 3.63) is 29.6 Å². The van der Waals surface area contributed by atoms with E-state index >= 15 is 0 Å². The van der Waals surface area contributed by atoms with E-state index in [1.54, 1.807) is 0 Å². The summed E-state index contributed by atoms with van der Waals surface area (Å²) in [7, 11) is -4.34. The zero-order chi connectivity index (χ0) is 17.1. The molecule has 130 valence electrons. The molecule has 1 fully saturated rings. The third-order valence-corrected chi connectivity index (χ3v) is 4.95. The van der Waals surface area contributed by atoms with Crippen molar-refractivity contribution >= 4 is 10.0 Å². The summed E-state index contributed by atoms with van der Waals surface area (Å²) in [6.07, 6.45) is -4.74. The van der Waals surface area contributed by atoms with Crippen LogP contribution in [0.1, 0.15) is 5.56 Å². The standard InChI is InChI=1S/C13H17F4N3O2S/c14-11-2-1-10(13(15,16)17)9-12(11)23(21,22)19-5-8-20-6-3-18-4-7-20/h1-2,9,18-19H,3-8H2. The fourth-order valence-electron chi connectivity index (χ4n) is 2.24. The number of nitrogens with one attached hydrogen (secondary N) is 2. The number of hydrogen-bond donors (Lipinski definition) is 2. The van der Waals surface area contributed by atoms with Gasteiger partial charge in [-0.05, 0) is 18.2 Å². The molecule has 1 aromatic carbocycles. The zero-order valence-electron chi connectivity index (χ0n) is 12.2. The van der Waals surface area contributed by atoms with Crippen molar-refractivity contribution in [1.29, 1.82) is 0 Å². The van der Waals surface area contributed by atoms with Gasteiger partial charge < -0.3 is 5.32 Å². The number of alkyl halides is 3.